The van der Waals surface area contributed by atoms with Crippen LogP contribution in [0.5, 0.6) is 0 Å². The molecule has 1 aromatic rings. The number of alkyl halides is 2. The van der Waals surface area contributed by atoms with Gasteiger partial charge in [-0.25, -0.2) is 13.5 Å². The van der Waals surface area contributed by atoms with Crippen molar-refractivity contribution in [3.8, 4) is 0 Å². The molecule has 0 aliphatic heterocycles. The Morgan fingerprint density at radius 3 is 2.86 bits per heavy atom. The predicted octanol–water partition coefficient (Wildman–Crippen LogP) is 0.479. The summed E-state index contributed by atoms with van der Waals surface area (Å²) in [5, 5.41) is 6.26. The van der Waals surface area contributed by atoms with Crippen molar-refractivity contribution in [1.82, 2.24) is 14.9 Å². The molecule has 0 unspecified atom stereocenters. The zero-order valence-corrected chi connectivity index (χ0v) is 8.06. The Bertz CT molecular complexity index is 337. The molecule has 0 fully saturated rings. The van der Waals surface area contributed by atoms with E-state index in [-0.39, 0.29) is 11.4 Å². The minimum absolute atomic E-state index is 0.140. The molecule has 0 atom stereocenters. The number of aromatic amines is 1. The average molecular weight is 224 g/mol. The number of H-pyrrole nitrogens is 1. The molecule has 8 heteroatoms. The van der Waals surface area contributed by atoms with Gasteiger partial charge in [-0.1, -0.05) is 0 Å². The number of halogens is 2. The molecule has 0 aliphatic rings. The summed E-state index contributed by atoms with van der Waals surface area (Å²) < 4.78 is 29.4. The zero-order chi connectivity index (χ0) is 10.6. The monoisotopic (exact) mass is 224 g/mol. The van der Waals surface area contributed by atoms with Crippen molar-refractivity contribution >= 4 is 12.2 Å². The summed E-state index contributed by atoms with van der Waals surface area (Å²) in [4.78, 5) is 0. The minimum Gasteiger partial charge on any atom is -0.375 e. The van der Waals surface area contributed by atoms with Crippen LogP contribution in [0.15, 0.2) is 0 Å². The number of rotatable bonds is 5. The van der Waals surface area contributed by atoms with Gasteiger partial charge in [0.2, 0.25) is 4.77 Å². The Hall–Kier alpha value is -1.02. The van der Waals surface area contributed by atoms with E-state index >= 15 is 0 Å². The van der Waals surface area contributed by atoms with Gasteiger partial charge < -0.3 is 10.6 Å². The van der Waals surface area contributed by atoms with Crippen molar-refractivity contribution in [2.75, 3.05) is 19.1 Å². The Balaban J connectivity index is 2.32. The maximum absolute atomic E-state index is 11.7. The summed E-state index contributed by atoms with van der Waals surface area (Å²) in [5.41, 5.74) is 0. The molecule has 1 heterocycles. The third-order valence-corrected chi connectivity index (χ3v) is 1.78. The van der Waals surface area contributed by atoms with E-state index in [1.165, 1.54) is 4.68 Å². The summed E-state index contributed by atoms with van der Waals surface area (Å²) >= 11 is 4.75. The molecular weight excluding hydrogens is 214 g/mol. The van der Waals surface area contributed by atoms with Crippen molar-refractivity contribution in [2.45, 2.75) is 12.8 Å². The fraction of sp³-hybridized carbons (Fsp3) is 0.667. The molecule has 0 radical (unpaired) electrons. The first-order chi connectivity index (χ1) is 6.61. The van der Waals surface area contributed by atoms with Crippen molar-refractivity contribution < 1.29 is 13.5 Å². The summed E-state index contributed by atoms with van der Waals surface area (Å²) in [6.07, 6.45) is -2.11. The van der Waals surface area contributed by atoms with Crippen molar-refractivity contribution in [3.63, 3.8) is 0 Å². The van der Waals surface area contributed by atoms with Crippen LogP contribution >= 0.6 is 12.2 Å². The summed E-state index contributed by atoms with van der Waals surface area (Å²) in [6.45, 7) is -0.434. The lowest BCUT2D eigenvalue weighted by Crippen LogP contribution is -2.15. The highest BCUT2D eigenvalue weighted by Crippen LogP contribution is 1.96. The Morgan fingerprint density at radius 2 is 2.36 bits per heavy atom. The first-order valence-corrected chi connectivity index (χ1v) is 4.29. The van der Waals surface area contributed by atoms with Gasteiger partial charge in [-0.3, -0.25) is 5.10 Å². The molecule has 0 aliphatic carbocycles. The molecule has 3 N–H and O–H groups in total. The molecule has 1 aromatic heterocycles. The summed E-state index contributed by atoms with van der Waals surface area (Å²) in [6, 6.07) is 0. The number of nitrogens with two attached hydrogens (primary N) is 1. The lowest BCUT2D eigenvalue weighted by molar-refractivity contribution is 0.0181. The maximum atomic E-state index is 11.7. The summed E-state index contributed by atoms with van der Waals surface area (Å²) in [7, 11) is 0. The van der Waals surface area contributed by atoms with E-state index in [9.17, 15) is 8.78 Å². The highest BCUT2D eigenvalue weighted by atomic mass is 32.1. The Kier molecular flexibility index (Phi) is 3.96. The molecule has 1 rings (SSSR count). The lowest BCUT2D eigenvalue weighted by atomic mass is 10.4. The molecule has 0 amide bonds. The number of nitrogens with zero attached hydrogens (tertiary/aromatic N) is 2. The Labute approximate surface area is 83.8 Å². The van der Waals surface area contributed by atoms with Crippen LogP contribution in [0.4, 0.5) is 8.78 Å². The third kappa shape index (κ3) is 3.04. The van der Waals surface area contributed by atoms with Crippen molar-refractivity contribution in [3.05, 3.63) is 10.6 Å². The quantitative estimate of drug-likeness (QED) is 0.433. The van der Waals surface area contributed by atoms with Gasteiger partial charge in [-0.15, -0.1) is 0 Å². The number of nitrogens with one attached hydrogen (secondary N) is 1. The number of hydrogen-bond donors (Lipinski definition) is 2. The van der Waals surface area contributed by atoms with Gasteiger partial charge in [0, 0.05) is 6.42 Å². The van der Waals surface area contributed by atoms with Crippen LogP contribution in [0.25, 0.3) is 0 Å². The van der Waals surface area contributed by atoms with Crippen molar-refractivity contribution in [2.24, 2.45) is 0 Å². The molecule has 14 heavy (non-hydrogen) atoms. The first kappa shape index (κ1) is 11.1. The number of hydrogen-bond acceptors (Lipinski definition) is 4. The highest BCUT2D eigenvalue weighted by molar-refractivity contribution is 7.71. The van der Waals surface area contributed by atoms with Gasteiger partial charge in [-0.05, 0) is 12.2 Å². The van der Waals surface area contributed by atoms with Crippen molar-refractivity contribution in [1.29, 1.82) is 0 Å². The first-order valence-electron chi connectivity index (χ1n) is 3.88. The largest absolute Gasteiger partial charge is 0.375 e. The van der Waals surface area contributed by atoms with E-state index in [1.54, 1.807) is 0 Å². The standard InChI is InChI=1S/C6H10F2N4OS/c7-4(8)3-13-2-1-5-10-11-6(14)12(5)9/h4H,1-3,9H2,(H,11,14). The zero-order valence-electron chi connectivity index (χ0n) is 7.24. The smallest absolute Gasteiger partial charge is 0.261 e. The fourth-order valence-electron chi connectivity index (χ4n) is 0.850. The molecule has 0 aromatic carbocycles. The van der Waals surface area contributed by atoms with Crippen LogP contribution in [0.1, 0.15) is 5.82 Å². The average Bonchev–Trinajstić information content (AvgIpc) is 2.43. The number of nitrogen functional groups attached to an aromatic ring is 1. The van der Waals surface area contributed by atoms with Crippen LogP contribution in [0.3, 0.4) is 0 Å². The molecule has 5 nitrogen and oxygen atoms in total. The van der Waals surface area contributed by atoms with E-state index in [0.29, 0.717) is 12.2 Å². The van der Waals surface area contributed by atoms with E-state index in [1.807, 2.05) is 0 Å². The van der Waals surface area contributed by atoms with Gasteiger partial charge in [0.1, 0.15) is 6.61 Å². The fourth-order valence-corrected chi connectivity index (χ4v) is 1.00. The van der Waals surface area contributed by atoms with Gasteiger partial charge >= 0.3 is 0 Å². The van der Waals surface area contributed by atoms with Crippen LogP contribution in [0, 0.1) is 4.77 Å². The molecule has 0 spiro atoms. The minimum atomic E-state index is -2.45. The van der Waals surface area contributed by atoms with E-state index in [2.05, 4.69) is 14.9 Å². The molecule has 0 saturated carbocycles. The third-order valence-electron chi connectivity index (χ3n) is 1.49. The predicted molar refractivity (Wildman–Crippen MR) is 48.1 cm³/mol. The van der Waals surface area contributed by atoms with Crippen LogP contribution in [-0.2, 0) is 11.2 Å². The normalized spacial score (nSPS) is 11.1. The number of ether oxygens (including phenoxy) is 1. The van der Waals surface area contributed by atoms with Crippen LogP contribution < -0.4 is 5.84 Å². The van der Waals surface area contributed by atoms with Gasteiger partial charge in [0.25, 0.3) is 6.43 Å². The van der Waals surface area contributed by atoms with Crippen LogP contribution in [0.2, 0.25) is 0 Å². The van der Waals surface area contributed by atoms with E-state index < -0.39 is 13.0 Å². The van der Waals surface area contributed by atoms with E-state index in [0.717, 1.165) is 0 Å². The summed E-state index contributed by atoms with van der Waals surface area (Å²) in [5.74, 6) is 5.94. The van der Waals surface area contributed by atoms with E-state index in [4.69, 9.17) is 18.1 Å². The second-order valence-electron chi connectivity index (χ2n) is 2.53. The second-order valence-corrected chi connectivity index (χ2v) is 2.92. The SMILES string of the molecule is Nn1c(CCOCC(F)F)n[nH]c1=S. The number of aromatic nitrogens is 3. The lowest BCUT2D eigenvalue weighted by Gasteiger charge is -2.02. The van der Waals surface area contributed by atoms with Crippen LogP contribution in [-0.4, -0.2) is 34.5 Å². The molecule has 80 valence electrons. The van der Waals surface area contributed by atoms with Gasteiger partial charge in [0.05, 0.1) is 6.61 Å². The topological polar surface area (TPSA) is 68.9 Å². The maximum Gasteiger partial charge on any atom is 0.261 e. The second kappa shape index (κ2) is 5.01. The van der Waals surface area contributed by atoms with Gasteiger partial charge in [-0.2, -0.15) is 5.10 Å². The molecular formula is C6H10F2N4OS. The molecule has 0 saturated heterocycles. The Morgan fingerprint density at radius 1 is 1.64 bits per heavy atom. The molecule has 0 bridgehead atoms. The van der Waals surface area contributed by atoms with Gasteiger partial charge in [0.15, 0.2) is 5.82 Å². The highest BCUT2D eigenvalue weighted by Gasteiger charge is 2.05.